The van der Waals surface area contributed by atoms with Gasteiger partial charge in [0.15, 0.2) is 18.2 Å². The molecule has 0 unspecified atom stereocenters. The number of carbonyl (C=O) groups excluding carboxylic acids is 1. The summed E-state index contributed by atoms with van der Waals surface area (Å²) < 4.78 is 44.5. The van der Waals surface area contributed by atoms with E-state index < -0.39 is 35.7 Å². The van der Waals surface area contributed by atoms with Gasteiger partial charge < -0.3 is 15.8 Å². The van der Waals surface area contributed by atoms with E-state index in [9.17, 15) is 18.0 Å². The lowest BCUT2D eigenvalue weighted by molar-refractivity contribution is -0.118. The SMILES string of the molecule is Nc1ccccc1OCC(=O)Nc1c(F)cc(F)cc1F. The molecule has 0 atom stereocenters. The fourth-order valence-electron chi connectivity index (χ4n) is 1.59. The summed E-state index contributed by atoms with van der Waals surface area (Å²) in [5, 5.41) is 1.97. The molecule has 110 valence electrons. The quantitative estimate of drug-likeness (QED) is 0.853. The van der Waals surface area contributed by atoms with Crippen molar-refractivity contribution in [3.8, 4) is 5.75 Å². The van der Waals surface area contributed by atoms with E-state index in [1.165, 1.54) is 0 Å². The van der Waals surface area contributed by atoms with Gasteiger partial charge in [0, 0.05) is 12.1 Å². The van der Waals surface area contributed by atoms with Crippen LogP contribution in [0.25, 0.3) is 0 Å². The average Bonchev–Trinajstić information content (AvgIpc) is 2.42. The summed E-state index contributed by atoms with van der Waals surface area (Å²) in [4.78, 5) is 11.6. The Bertz CT molecular complexity index is 654. The summed E-state index contributed by atoms with van der Waals surface area (Å²) in [6, 6.07) is 7.39. The second-order valence-electron chi connectivity index (χ2n) is 4.12. The first-order valence-electron chi connectivity index (χ1n) is 5.89. The van der Waals surface area contributed by atoms with Crippen molar-refractivity contribution in [1.29, 1.82) is 0 Å². The minimum atomic E-state index is -1.21. The number of hydrogen-bond acceptors (Lipinski definition) is 3. The molecule has 0 radical (unpaired) electrons. The molecule has 0 aliphatic carbocycles. The van der Waals surface area contributed by atoms with Crippen LogP contribution in [-0.2, 0) is 4.79 Å². The van der Waals surface area contributed by atoms with E-state index in [2.05, 4.69) is 0 Å². The lowest BCUT2D eigenvalue weighted by atomic mass is 10.2. The number of nitrogens with one attached hydrogen (secondary N) is 1. The van der Waals surface area contributed by atoms with Crippen LogP contribution in [0.4, 0.5) is 24.5 Å². The van der Waals surface area contributed by atoms with E-state index in [1.54, 1.807) is 24.3 Å². The van der Waals surface area contributed by atoms with Crippen LogP contribution >= 0.6 is 0 Å². The number of amides is 1. The average molecular weight is 296 g/mol. The van der Waals surface area contributed by atoms with Gasteiger partial charge in [-0.25, -0.2) is 13.2 Å². The maximum atomic E-state index is 13.3. The summed E-state index contributed by atoms with van der Waals surface area (Å²) in [7, 11) is 0. The normalized spacial score (nSPS) is 10.2. The molecule has 0 aliphatic rings. The molecule has 0 aromatic heterocycles. The standard InChI is InChI=1S/C14H11F3N2O2/c15-8-5-9(16)14(10(17)6-8)19-13(20)7-21-12-4-2-1-3-11(12)18/h1-6H,7,18H2,(H,19,20). The second-order valence-corrected chi connectivity index (χ2v) is 4.12. The maximum absolute atomic E-state index is 13.3. The van der Waals surface area contributed by atoms with Crippen molar-refractivity contribution in [2.75, 3.05) is 17.7 Å². The topological polar surface area (TPSA) is 64.3 Å². The van der Waals surface area contributed by atoms with Crippen molar-refractivity contribution in [1.82, 2.24) is 0 Å². The van der Waals surface area contributed by atoms with E-state index in [4.69, 9.17) is 10.5 Å². The lowest BCUT2D eigenvalue weighted by Gasteiger charge is -2.10. The van der Waals surface area contributed by atoms with Crippen molar-refractivity contribution in [2.24, 2.45) is 0 Å². The molecule has 21 heavy (non-hydrogen) atoms. The van der Waals surface area contributed by atoms with E-state index in [0.717, 1.165) is 0 Å². The van der Waals surface area contributed by atoms with E-state index in [1.807, 2.05) is 5.32 Å². The van der Waals surface area contributed by atoms with Crippen molar-refractivity contribution in [3.63, 3.8) is 0 Å². The van der Waals surface area contributed by atoms with Gasteiger partial charge in [-0.2, -0.15) is 0 Å². The minimum Gasteiger partial charge on any atom is -0.482 e. The zero-order chi connectivity index (χ0) is 15.4. The number of halogens is 3. The van der Waals surface area contributed by atoms with E-state index >= 15 is 0 Å². The Morgan fingerprint density at radius 3 is 2.38 bits per heavy atom. The summed E-state index contributed by atoms with van der Waals surface area (Å²) in [6.45, 7) is -0.496. The molecule has 0 heterocycles. The van der Waals surface area contributed by atoms with Crippen molar-refractivity contribution in [2.45, 2.75) is 0 Å². The van der Waals surface area contributed by atoms with Gasteiger partial charge in [-0.3, -0.25) is 4.79 Å². The Morgan fingerprint density at radius 2 is 1.76 bits per heavy atom. The first-order valence-corrected chi connectivity index (χ1v) is 5.89. The number of anilines is 2. The van der Waals surface area contributed by atoms with Crippen molar-refractivity contribution >= 4 is 17.3 Å². The molecule has 2 aromatic carbocycles. The van der Waals surface area contributed by atoms with Gasteiger partial charge in [0.1, 0.15) is 17.3 Å². The highest BCUT2D eigenvalue weighted by molar-refractivity contribution is 5.92. The van der Waals surface area contributed by atoms with E-state index in [-0.39, 0.29) is 5.75 Å². The molecule has 0 fully saturated rings. The van der Waals surface area contributed by atoms with Crippen molar-refractivity contribution < 1.29 is 22.7 Å². The van der Waals surface area contributed by atoms with Gasteiger partial charge in [0.25, 0.3) is 5.91 Å². The van der Waals surface area contributed by atoms with Crippen LogP contribution in [-0.4, -0.2) is 12.5 Å². The smallest absolute Gasteiger partial charge is 0.262 e. The number of benzene rings is 2. The van der Waals surface area contributed by atoms with Crippen LogP contribution in [0.1, 0.15) is 0 Å². The third-order valence-electron chi connectivity index (χ3n) is 2.55. The summed E-state index contributed by atoms with van der Waals surface area (Å²) in [5.41, 5.74) is 5.20. The number of rotatable bonds is 4. The fourth-order valence-corrected chi connectivity index (χ4v) is 1.59. The van der Waals surface area contributed by atoms with Crippen LogP contribution in [0.3, 0.4) is 0 Å². The summed E-state index contributed by atoms with van der Waals surface area (Å²) in [6.07, 6.45) is 0. The Balaban J connectivity index is 2.01. The highest BCUT2D eigenvalue weighted by atomic mass is 19.1. The number of para-hydroxylation sites is 2. The Labute approximate surface area is 118 Å². The predicted octanol–water partition coefficient (Wildman–Crippen LogP) is 2.70. The van der Waals surface area contributed by atoms with Gasteiger partial charge in [-0.05, 0) is 12.1 Å². The second kappa shape index (κ2) is 6.17. The molecular weight excluding hydrogens is 285 g/mol. The Kier molecular flexibility index (Phi) is 4.32. The van der Waals surface area contributed by atoms with E-state index in [0.29, 0.717) is 17.8 Å². The third-order valence-corrected chi connectivity index (χ3v) is 2.55. The maximum Gasteiger partial charge on any atom is 0.262 e. The molecule has 3 N–H and O–H groups in total. The van der Waals surface area contributed by atoms with Gasteiger partial charge in [0.05, 0.1) is 5.69 Å². The summed E-state index contributed by atoms with van der Waals surface area (Å²) >= 11 is 0. The molecule has 0 saturated heterocycles. The molecule has 0 spiro atoms. The fraction of sp³-hybridized carbons (Fsp3) is 0.0714. The molecule has 7 heteroatoms. The largest absolute Gasteiger partial charge is 0.482 e. The van der Waals surface area contributed by atoms with Gasteiger partial charge in [-0.15, -0.1) is 0 Å². The molecular formula is C14H11F3N2O2. The number of nitrogen functional groups attached to an aromatic ring is 1. The summed E-state index contributed by atoms with van der Waals surface area (Å²) in [5.74, 6) is -4.02. The molecule has 0 aliphatic heterocycles. The van der Waals surface area contributed by atoms with Crippen LogP contribution < -0.4 is 15.8 Å². The zero-order valence-electron chi connectivity index (χ0n) is 10.7. The zero-order valence-corrected chi connectivity index (χ0v) is 10.7. The Hall–Kier alpha value is -2.70. The number of nitrogens with two attached hydrogens (primary N) is 1. The number of hydrogen-bond donors (Lipinski definition) is 2. The molecule has 4 nitrogen and oxygen atoms in total. The number of ether oxygens (including phenoxy) is 1. The van der Waals surface area contributed by atoms with Crippen LogP contribution in [0, 0.1) is 17.5 Å². The molecule has 0 bridgehead atoms. The third kappa shape index (κ3) is 3.65. The van der Waals surface area contributed by atoms with Crippen LogP contribution in [0.15, 0.2) is 36.4 Å². The first kappa shape index (κ1) is 14.7. The minimum absolute atomic E-state index is 0.271. The monoisotopic (exact) mass is 296 g/mol. The van der Waals surface area contributed by atoms with Gasteiger partial charge in [0.2, 0.25) is 0 Å². The van der Waals surface area contributed by atoms with Gasteiger partial charge in [-0.1, -0.05) is 12.1 Å². The Morgan fingerprint density at radius 1 is 1.14 bits per heavy atom. The van der Waals surface area contributed by atoms with Crippen LogP contribution in [0.2, 0.25) is 0 Å². The highest BCUT2D eigenvalue weighted by Crippen LogP contribution is 2.21. The lowest BCUT2D eigenvalue weighted by Crippen LogP contribution is -2.22. The van der Waals surface area contributed by atoms with Gasteiger partial charge >= 0.3 is 0 Å². The highest BCUT2D eigenvalue weighted by Gasteiger charge is 2.14. The molecule has 2 aromatic rings. The van der Waals surface area contributed by atoms with Crippen LogP contribution in [0.5, 0.6) is 5.75 Å². The molecule has 1 amide bonds. The predicted molar refractivity (Wildman–Crippen MR) is 71.3 cm³/mol. The molecule has 0 saturated carbocycles. The number of carbonyl (C=O) groups is 1. The first-order chi connectivity index (χ1) is 9.97. The van der Waals surface area contributed by atoms with Crippen molar-refractivity contribution in [3.05, 3.63) is 53.8 Å². The molecule has 2 rings (SSSR count).